The molecule has 0 atom stereocenters. The van der Waals surface area contributed by atoms with Gasteiger partial charge in [-0.1, -0.05) is 40.2 Å². The van der Waals surface area contributed by atoms with Crippen LogP contribution in [0.2, 0.25) is 0 Å². The molecule has 0 N–H and O–H groups in total. The zero-order valence-corrected chi connectivity index (χ0v) is 11.1. The normalized spacial score (nSPS) is 10.1. The van der Waals surface area contributed by atoms with Crippen LogP contribution >= 0.6 is 15.9 Å². The van der Waals surface area contributed by atoms with Crippen LogP contribution in [0, 0.1) is 0 Å². The molecule has 0 aliphatic rings. The minimum atomic E-state index is -0.129. The summed E-state index contributed by atoms with van der Waals surface area (Å²) in [6.45, 7) is 0. The number of hydrogen-bond donors (Lipinski definition) is 0. The number of alkyl halides is 1. The Labute approximate surface area is 105 Å². The second kappa shape index (κ2) is 7.44. The first-order valence-corrected chi connectivity index (χ1v) is 6.59. The van der Waals surface area contributed by atoms with E-state index in [0.29, 0.717) is 6.42 Å². The molecule has 1 rings (SSSR count). The molecule has 2 nitrogen and oxygen atoms in total. The molecule has 0 amide bonds. The quantitative estimate of drug-likeness (QED) is 0.593. The van der Waals surface area contributed by atoms with Crippen LogP contribution in [0.15, 0.2) is 24.3 Å². The van der Waals surface area contributed by atoms with E-state index in [9.17, 15) is 4.79 Å². The van der Waals surface area contributed by atoms with Crippen molar-refractivity contribution >= 4 is 21.9 Å². The third kappa shape index (κ3) is 4.79. The van der Waals surface area contributed by atoms with Crippen molar-refractivity contribution in [1.82, 2.24) is 0 Å². The van der Waals surface area contributed by atoms with Crippen LogP contribution in [0.1, 0.15) is 24.0 Å². The van der Waals surface area contributed by atoms with E-state index in [-0.39, 0.29) is 5.97 Å². The standard InChI is InChI=1S/C13H17BrO2/c1-16-13(15)4-2-3-11-5-7-12(8-6-11)9-10-14/h5-8H,2-4,9-10H2,1H3. The number of halogens is 1. The highest BCUT2D eigenvalue weighted by molar-refractivity contribution is 9.09. The molecule has 0 bridgehead atoms. The third-order valence-electron chi connectivity index (χ3n) is 2.48. The fourth-order valence-corrected chi connectivity index (χ4v) is 1.98. The van der Waals surface area contributed by atoms with Gasteiger partial charge in [0, 0.05) is 11.8 Å². The number of carbonyl (C=O) groups excluding carboxylic acids is 1. The van der Waals surface area contributed by atoms with Gasteiger partial charge in [0.2, 0.25) is 0 Å². The van der Waals surface area contributed by atoms with Crippen LogP contribution in [-0.4, -0.2) is 18.4 Å². The maximum Gasteiger partial charge on any atom is 0.305 e. The fraction of sp³-hybridized carbons (Fsp3) is 0.462. The van der Waals surface area contributed by atoms with Gasteiger partial charge >= 0.3 is 5.97 Å². The molecule has 1 aromatic carbocycles. The Bertz CT molecular complexity index is 319. The Morgan fingerprint density at radius 2 is 1.75 bits per heavy atom. The lowest BCUT2D eigenvalue weighted by molar-refractivity contribution is -0.140. The van der Waals surface area contributed by atoms with Crippen molar-refractivity contribution in [3.63, 3.8) is 0 Å². The molecule has 88 valence electrons. The minimum Gasteiger partial charge on any atom is -0.469 e. The summed E-state index contributed by atoms with van der Waals surface area (Å²) in [5.74, 6) is -0.129. The Morgan fingerprint density at radius 1 is 1.19 bits per heavy atom. The summed E-state index contributed by atoms with van der Waals surface area (Å²) < 4.78 is 4.60. The molecule has 1 aromatic rings. The van der Waals surface area contributed by atoms with Gasteiger partial charge in [-0.2, -0.15) is 0 Å². The molecule has 0 saturated carbocycles. The molecule has 0 aliphatic heterocycles. The van der Waals surface area contributed by atoms with Crippen molar-refractivity contribution in [2.75, 3.05) is 12.4 Å². The average Bonchev–Trinajstić information content (AvgIpc) is 2.31. The molecule has 3 heteroatoms. The summed E-state index contributed by atoms with van der Waals surface area (Å²) in [7, 11) is 1.43. The number of rotatable bonds is 6. The predicted octanol–water partition coefficient (Wildman–Crippen LogP) is 3.12. The molecular formula is C13H17BrO2. The number of hydrogen-bond acceptors (Lipinski definition) is 2. The minimum absolute atomic E-state index is 0.129. The Morgan fingerprint density at radius 3 is 2.25 bits per heavy atom. The summed E-state index contributed by atoms with van der Waals surface area (Å²) in [6.07, 6.45) is 3.34. The zero-order valence-electron chi connectivity index (χ0n) is 9.54. The van der Waals surface area contributed by atoms with Gasteiger partial charge in [0.25, 0.3) is 0 Å². The highest BCUT2D eigenvalue weighted by Gasteiger charge is 2.00. The van der Waals surface area contributed by atoms with Crippen molar-refractivity contribution in [1.29, 1.82) is 0 Å². The van der Waals surface area contributed by atoms with E-state index in [1.165, 1.54) is 18.2 Å². The van der Waals surface area contributed by atoms with E-state index in [1.807, 2.05) is 0 Å². The zero-order chi connectivity index (χ0) is 11.8. The molecular weight excluding hydrogens is 268 g/mol. The van der Waals surface area contributed by atoms with Crippen LogP contribution in [0.4, 0.5) is 0 Å². The second-order valence-electron chi connectivity index (χ2n) is 3.69. The van der Waals surface area contributed by atoms with Gasteiger partial charge in [-0.15, -0.1) is 0 Å². The van der Waals surface area contributed by atoms with Crippen molar-refractivity contribution in [2.45, 2.75) is 25.7 Å². The summed E-state index contributed by atoms with van der Waals surface area (Å²) in [5.41, 5.74) is 2.62. The second-order valence-corrected chi connectivity index (χ2v) is 4.48. The van der Waals surface area contributed by atoms with E-state index in [2.05, 4.69) is 44.9 Å². The first kappa shape index (κ1) is 13.2. The molecule has 0 spiro atoms. The van der Waals surface area contributed by atoms with Gasteiger partial charge < -0.3 is 4.74 Å². The van der Waals surface area contributed by atoms with Crippen molar-refractivity contribution < 1.29 is 9.53 Å². The summed E-state index contributed by atoms with van der Waals surface area (Å²) in [6, 6.07) is 8.56. The Kier molecular flexibility index (Phi) is 6.16. The fourth-order valence-electron chi connectivity index (χ4n) is 1.52. The van der Waals surface area contributed by atoms with Crippen LogP contribution in [0.25, 0.3) is 0 Å². The number of esters is 1. The molecule has 0 radical (unpaired) electrons. The Balaban J connectivity index is 2.34. The largest absolute Gasteiger partial charge is 0.469 e. The lowest BCUT2D eigenvalue weighted by atomic mass is 10.1. The number of aryl methyl sites for hydroxylation is 2. The van der Waals surface area contributed by atoms with Crippen LogP contribution < -0.4 is 0 Å². The SMILES string of the molecule is COC(=O)CCCc1ccc(CCBr)cc1. The molecule has 16 heavy (non-hydrogen) atoms. The molecule has 0 unspecified atom stereocenters. The number of benzene rings is 1. The van der Waals surface area contributed by atoms with Crippen LogP contribution in [0.3, 0.4) is 0 Å². The van der Waals surface area contributed by atoms with E-state index >= 15 is 0 Å². The smallest absolute Gasteiger partial charge is 0.305 e. The summed E-state index contributed by atoms with van der Waals surface area (Å²) in [4.78, 5) is 10.9. The highest BCUT2D eigenvalue weighted by Crippen LogP contribution is 2.09. The summed E-state index contributed by atoms with van der Waals surface area (Å²) in [5, 5.41) is 0.995. The van der Waals surface area contributed by atoms with E-state index in [0.717, 1.165) is 24.6 Å². The maximum atomic E-state index is 10.9. The highest BCUT2D eigenvalue weighted by atomic mass is 79.9. The molecule has 0 saturated heterocycles. The topological polar surface area (TPSA) is 26.3 Å². The van der Waals surface area contributed by atoms with Crippen LogP contribution in [0.5, 0.6) is 0 Å². The van der Waals surface area contributed by atoms with Gasteiger partial charge in [-0.3, -0.25) is 4.79 Å². The van der Waals surface area contributed by atoms with E-state index < -0.39 is 0 Å². The van der Waals surface area contributed by atoms with Gasteiger partial charge in [0.15, 0.2) is 0 Å². The molecule has 0 aromatic heterocycles. The number of methoxy groups -OCH3 is 1. The molecule has 0 heterocycles. The van der Waals surface area contributed by atoms with Gasteiger partial charge in [0.1, 0.15) is 0 Å². The number of ether oxygens (including phenoxy) is 1. The average molecular weight is 285 g/mol. The van der Waals surface area contributed by atoms with Gasteiger partial charge in [0.05, 0.1) is 7.11 Å². The lowest BCUT2D eigenvalue weighted by Gasteiger charge is -2.03. The van der Waals surface area contributed by atoms with Gasteiger partial charge in [-0.25, -0.2) is 0 Å². The number of carbonyl (C=O) groups is 1. The predicted molar refractivity (Wildman–Crippen MR) is 68.9 cm³/mol. The first-order chi connectivity index (χ1) is 7.76. The maximum absolute atomic E-state index is 10.9. The van der Waals surface area contributed by atoms with Crippen molar-refractivity contribution in [3.05, 3.63) is 35.4 Å². The first-order valence-electron chi connectivity index (χ1n) is 5.47. The monoisotopic (exact) mass is 284 g/mol. The van der Waals surface area contributed by atoms with E-state index in [4.69, 9.17) is 0 Å². The molecule has 0 fully saturated rings. The third-order valence-corrected chi connectivity index (χ3v) is 2.88. The lowest BCUT2D eigenvalue weighted by Crippen LogP contribution is -2.00. The van der Waals surface area contributed by atoms with E-state index in [1.54, 1.807) is 0 Å². The van der Waals surface area contributed by atoms with Crippen molar-refractivity contribution in [3.8, 4) is 0 Å². The summed E-state index contributed by atoms with van der Waals surface area (Å²) >= 11 is 3.42. The van der Waals surface area contributed by atoms with Crippen LogP contribution in [-0.2, 0) is 22.4 Å². The Hall–Kier alpha value is -0.830. The van der Waals surface area contributed by atoms with Crippen molar-refractivity contribution in [2.24, 2.45) is 0 Å². The van der Waals surface area contributed by atoms with Gasteiger partial charge in [-0.05, 0) is 30.4 Å². The molecule has 0 aliphatic carbocycles.